The topological polar surface area (TPSA) is 74.3 Å². The molecule has 0 radical (unpaired) electrons. The molecule has 8 heteroatoms. The molecule has 2 N–H and O–H groups in total. The summed E-state index contributed by atoms with van der Waals surface area (Å²) in [5, 5.41) is 6.99. The van der Waals surface area contributed by atoms with Crippen LogP contribution in [0.3, 0.4) is 0 Å². The van der Waals surface area contributed by atoms with Crippen molar-refractivity contribution in [3.8, 4) is 0 Å². The van der Waals surface area contributed by atoms with E-state index in [4.69, 9.17) is 0 Å². The molecular weight excluding hydrogens is 331 g/mol. The van der Waals surface area contributed by atoms with Crippen LogP contribution in [0.25, 0.3) is 0 Å². The lowest BCUT2D eigenvalue weighted by Crippen LogP contribution is -2.22. The number of thiazole rings is 1. The van der Waals surface area contributed by atoms with E-state index < -0.39 is 11.7 Å². The summed E-state index contributed by atoms with van der Waals surface area (Å²) in [5.41, 5.74) is 0.982. The van der Waals surface area contributed by atoms with Gasteiger partial charge < -0.3 is 15.5 Å². The SMILES string of the molecule is CC(=O)Nc1nc(C(=O)Nc2c(F)cccc2N2CCCC2)cs1. The van der Waals surface area contributed by atoms with Gasteiger partial charge >= 0.3 is 0 Å². The van der Waals surface area contributed by atoms with Gasteiger partial charge in [0.05, 0.1) is 5.69 Å². The molecule has 0 bridgehead atoms. The van der Waals surface area contributed by atoms with Gasteiger partial charge in [-0.05, 0) is 25.0 Å². The summed E-state index contributed by atoms with van der Waals surface area (Å²) in [6.45, 7) is 3.05. The van der Waals surface area contributed by atoms with Crippen molar-refractivity contribution in [3.05, 3.63) is 35.1 Å². The molecule has 1 fully saturated rings. The third-order valence-corrected chi connectivity index (χ3v) is 4.45. The highest BCUT2D eigenvalue weighted by Gasteiger charge is 2.21. The molecular formula is C16H17FN4O2S. The summed E-state index contributed by atoms with van der Waals surface area (Å²) in [7, 11) is 0. The van der Waals surface area contributed by atoms with Crippen LogP contribution in [0.1, 0.15) is 30.3 Å². The van der Waals surface area contributed by atoms with Crippen LogP contribution in [0.2, 0.25) is 0 Å². The first-order valence-corrected chi connectivity index (χ1v) is 8.50. The highest BCUT2D eigenvalue weighted by atomic mass is 32.1. The number of benzene rings is 1. The normalized spacial score (nSPS) is 13.8. The zero-order valence-corrected chi connectivity index (χ0v) is 14.0. The van der Waals surface area contributed by atoms with Crippen molar-refractivity contribution in [2.45, 2.75) is 19.8 Å². The minimum absolute atomic E-state index is 0.138. The van der Waals surface area contributed by atoms with E-state index in [2.05, 4.69) is 20.5 Å². The third-order valence-electron chi connectivity index (χ3n) is 3.70. The minimum atomic E-state index is -0.506. The number of halogens is 1. The Kier molecular flexibility index (Phi) is 4.75. The summed E-state index contributed by atoms with van der Waals surface area (Å²) in [6, 6.07) is 4.75. The molecule has 0 aliphatic carbocycles. The van der Waals surface area contributed by atoms with Crippen LogP contribution in [-0.2, 0) is 4.79 Å². The molecule has 6 nitrogen and oxygen atoms in total. The minimum Gasteiger partial charge on any atom is -0.370 e. The average molecular weight is 348 g/mol. The second-order valence-corrected chi connectivity index (χ2v) is 6.36. The zero-order chi connectivity index (χ0) is 17.1. The summed E-state index contributed by atoms with van der Waals surface area (Å²) in [4.78, 5) is 29.5. The second kappa shape index (κ2) is 6.96. The van der Waals surface area contributed by atoms with Gasteiger partial charge in [0, 0.05) is 25.4 Å². The molecule has 2 aromatic rings. The number of rotatable bonds is 4. The molecule has 0 unspecified atom stereocenters. The monoisotopic (exact) mass is 348 g/mol. The summed E-state index contributed by atoms with van der Waals surface area (Å²) >= 11 is 1.14. The van der Waals surface area contributed by atoms with Crippen LogP contribution in [0.5, 0.6) is 0 Å². The fourth-order valence-corrected chi connectivity index (χ4v) is 3.36. The van der Waals surface area contributed by atoms with Gasteiger partial charge in [-0.1, -0.05) is 6.07 Å². The quantitative estimate of drug-likeness (QED) is 0.890. The lowest BCUT2D eigenvalue weighted by atomic mass is 10.2. The fourth-order valence-electron chi connectivity index (χ4n) is 2.62. The van der Waals surface area contributed by atoms with Gasteiger partial charge in [-0.3, -0.25) is 9.59 Å². The number of hydrogen-bond acceptors (Lipinski definition) is 5. The number of amides is 2. The Labute approximate surface area is 142 Å². The number of hydrogen-bond donors (Lipinski definition) is 2. The van der Waals surface area contributed by atoms with E-state index in [-0.39, 0.29) is 17.3 Å². The van der Waals surface area contributed by atoms with Crippen molar-refractivity contribution in [1.29, 1.82) is 0 Å². The molecule has 3 rings (SSSR count). The molecule has 0 spiro atoms. The zero-order valence-electron chi connectivity index (χ0n) is 13.1. The van der Waals surface area contributed by atoms with Crippen LogP contribution in [0, 0.1) is 5.82 Å². The molecule has 1 aliphatic heterocycles. The summed E-state index contributed by atoms with van der Waals surface area (Å²) < 4.78 is 14.2. The number of carbonyl (C=O) groups is 2. The number of nitrogens with one attached hydrogen (secondary N) is 2. The first-order chi connectivity index (χ1) is 11.5. The number of carbonyl (C=O) groups excluding carboxylic acids is 2. The fraction of sp³-hybridized carbons (Fsp3) is 0.312. The van der Waals surface area contributed by atoms with Crippen LogP contribution in [0.15, 0.2) is 23.6 Å². The maximum atomic E-state index is 14.2. The van der Waals surface area contributed by atoms with Crippen LogP contribution in [0.4, 0.5) is 20.9 Å². The van der Waals surface area contributed by atoms with Gasteiger partial charge in [-0.2, -0.15) is 0 Å². The number of aromatic nitrogens is 1. The predicted octanol–water partition coefficient (Wildman–Crippen LogP) is 3.09. The Hall–Kier alpha value is -2.48. The molecule has 1 aromatic heterocycles. The standard InChI is InChI=1S/C16H17FN4O2S/c1-10(22)18-16-19-12(9-24-16)15(23)20-14-11(17)5-4-6-13(14)21-7-2-3-8-21/h4-6,9H,2-3,7-8H2,1H3,(H,20,23)(H,18,19,22). The van der Waals surface area contributed by atoms with Crippen molar-refractivity contribution < 1.29 is 14.0 Å². The number of para-hydroxylation sites is 1. The molecule has 24 heavy (non-hydrogen) atoms. The Morgan fingerprint density at radius 3 is 2.71 bits per heavy atom. The van der Waals surface area contributed by atoms with E-state index >= 15 is 0 Å². The van der Waals surface area contributed by atoms with E-state index in [0.717, 1.165) is 37.3 Å². The third kappa shape index (κ3) is 3.53. The average Bonchev–Trinajstić information content (AvgIpc) is 3.20. The van der Waals surface area contributed by atoms with Gasteiger partial charge in [-0.25, -0.2) is 9.37 Å². The number of anilines is 3. The molecule has 1 aliphatic rings. The highest BCUT2D eigenvalue weighted by molar-refractivity contribution is 7.14. The first-order valence-electron chi connectivity index (χ1n) is 7.62. The Balaban J connectivity index is 1.81. The van der Waals surface area contributed by atoms with Crippen LogP contribution < -0.4 is 15.5 Å². The van der Waals surface area contributed by atoms with Crippen molar-refractivity contribution in [2.75, 3.05) is 28.6 Å². The van der Waals surface area contributed by atoms with E-state index in [1.54, 1.807) is 12.1 Å². The summed E-state index contributed by atoms with van der Waals surface area (Å²) in [6.07, 6.45) is 2.10. The lowest BCUT2D eigenvalue weighted by molar-refractivity contribution is -0.114. The molecule has 2 amide bonds. The smallest absolute Gasteiger partial charge is 0.275 e. The second-order valence-electron chi connectivity index (χ2n) is 5.50. The van der Waals surface area contributed by atoms with E-state index in [1.807, 2.05) is 0 Å². The molecule has 2 heterocycles. The van der Waals surface area contributed by atoms with E-state index in [9.17, 15) is 14.0 Å². The first kappa shape index (κ1) is 16.4. The van der Waals surface area contributed by atoms with Crippen LogP contribution >= 0.6 is 11.3 Å². The van der Waals surface area contributed by atoms with Gasteiger partial charge in [0.15, 0.2) is 5.13 Å². The maximum Gasteiger partial charge on any atom is 0.275 e. The van der Waals surface area contributed by atoms with Crippen molar-refractivity contribution >= 4 is 39.7 Å². The van der Waals surface area contributed by atoms with E-state index in [1.165, 1.54) is 18.4 Å². The Morgan fingerprint density at radius 1 is 1.25 bits per heavy atom. The maximum absolute atomic E-state index is 14.2. The van der Waals surface area contributed by atoms with Gasteiger partial charge in [0.25, 0.3) is 5.91 Å². The van der Waals surface area contributed by atoms with Crippen LogP contribution in [-0.4, -0.2) is 29.9 Å². The highest BCUT2D eigenvalue weighted by Crippen LogP contribution is 2.31. The van der Waals surface area contributed by atoms with Gasteiger partial charge in [-0.15, -0.1) is 11.3 Å². The van der Waals surface area contributed by atoms with Crippen molar-refractivity contribution in [1.82, 2.24) is 4.98 Å². The van der Waals surface area contributed by atoms with Crippen molar-refractivity contribution in [2.24, 2.45) is 0 Å². The van der Waals surface area contributed by atoms with Gasteiger partial charge in [0.2, 0.25) is 5.91 Å². The lowest BCUT2D eigenvalue weighted by Gasteiger charge is -2.21. The molecule has 126 valence electrons. The molecule has 1 saturated heterocycles. The van der Waals surface area contributed by atoms with Gasteiger partial charge in [0.1, 0.15) is 17.2 Å². The Bertz CT molecular complexity index is 771. The van der Waals surface area contributed by atoms with Crippen molar-refractivity contribution in [3.63, 3.8) is 0 Å². The molecule has 0 saturated carbocycles. The number of nitrogens with zero attached hydrogens (tertiary/aromatic N) is 2. The largest absolute Gasteiger partial charge is 0.370 e. The van der Waals surface area contributed by atoms with E-state index in [0.29, 0.717) is 10.8 Å². The predicted molar refractivity (Wildman–Crippen MR) is 92.2 cm³/mol. The summed E-state index contributed by atoms with van der Waals surface area (Å²) in [5.74, 6) is -1.25. The Morgan fingerprint density at radius 2 is 2.00 bits per heavy atom. The molecule has 0 atom stereocenters. The molecule has 1 aromatic carbocycles.